The first-order chi connectivity index (χ1) is 19.6. The summed E-state index contributed by atoms with van der Waals surface area (Å²) in [6, 6.07) is 12.2. The van der Waals surface area contributed by atoms with Crippen LogP contribution >= 0.6 is 0 Å². The van der Waals surface area contributed by atoms with E-state index in [0.717, 1.165) is 85.3 Å². The Bertz CT molecular complexity index is 1460. The summed E-state index contributed by atoms with van der Waals surface area (Å²) in [5.74, 6) is 3.51. The molecule has 0 saturated carbocycles. The monoisotopic (exact) mass is 545 g/mol. The lowest BCUT2D eigenvalue weighted by Crippen LogP contribution is -2.36. The van der Waals surface area contributed by atoms with E-state index in [1.54, 1.807) is 28.4 Å². The number of nitrogens with zero attached hydrogens (tertiary/aromatic N) is 3. The molecule has 0 unspecified atom stereocenters. The van der Waals surface area contributed by atoms with Crippen molar-refractivity contribution in [3.63, 3.8) is 0 Å². The van der Waals surface area contributed by atoms with Gasteiger partial charge in [0.15, 0.2) is 17.3 Å². The fourth-order valence-corrected chi connectivity index (χ4v) is 5.82. The van der Waals surface area contributed by atoms with Crippen LogP contribution in [0.15, 0.2) is 47.1 Å². The van der Waals surface area contributed by atoms with Crippen LogP contribution < -0.4 is 18.9 Å². The second-order valence-corrected chi connectivity index (χ2v) is 10.1. The summed E-state index contributed by atoms with van der Waals surface area (Å²) in [7, 11) is 6.58. The molecule has 4 aromatic rings. The number of fused-ring (bicyclic) bond motifs is 3. The summed E-state index contributed by atoms with van der Waals surface area (Å²) < 4.78 is 36.3. The molecule has 1 aliphatic heterocycles. The highest BCUT2D eigenvalue weighted by Crippen LogP contribution is 2.46. The van der Waals surface area contributed by atoms with E-state index in [0.29, 0.717) is 23.8 Å². The molecule has 210 valence electrons. The molecule has 2 aromatic heterocycles. The SMILES string of the molecule is COc1ccc(Cn2cc3c(c2-c2cc(OC)c(OC)c(OC)c2)CCc2c(CN4CCOCC4)noc2-3)cc1. The summed E-state index contributed by atoms with van der Waals surface area (Å²) in [6.07, 6.45) is 3.94. The van der Waals surface area contributed by atoms with Crippen LogP contribution in [0.5, 0.6) is 23.0 Å². The highest BCUT2D eigenvalue weighted by atomic mass is 16.5. The summed E-state index contributed by atoms with van der Waals surface area (Å²) in [4.78, 5) is 2.38. The van der Waals surface area contributed by atoms with E-state index in [4.69, 9.17) is 28.2 Å². The van der Waals surface area contributed by atoms with Gasteiger partial charge in [-0.15, -0.1) is 0 Å². The van der Waals surface area contributed by atoms with Crippen LogP contribution in [0.3, 0.4) is 0 Å². The third-order valence-electron chi connectivity index (χ3n) is 7.85. The Labute approximate surface area is 234 Å². The quantitative estimate of drug-likeness (QED) is 0.296. The number of hydrogen-bond acceptors (Lipinski definition) is 8. The van der Waals surface area contributed by atoms with Gasteiger partial charge < -0.3 is 32.8 Å². The second kappa shape index (κ2) is 11.3. The smallest absolute Gasteiger partial charge is 0.203 e. The number of ether oxygens (including phenoxy) is 5. The molecule has 0 amide bonds. The third-order valence-corrected chi connectivity index (χ3v) is 7.85. The lowest BCUT2D eigenvalue weighted by atomic mass is 9.89. The molecule has 1 fully saturated rings. The predicted molar refractivity (Wildman–Crippen MR) is 151 cm³/mol. The maximum Gasteiger partial charge on any atom is 0.203 e. The van der Waals surface area contributed by atoms with Crippen LogP contribution in [0.2, 0.25) is 0 Å². The summed E-state index contributed by atoms with van der Waals surface area (Å²) in [6.45, 7) is 4.80. The van der Waals surface area contributed by atoms with E-state index in [9.17, 15) is 0 Å². The van der Waals surface area contributed by atoms with Gasteiger partial charge in [-0.1, -0.05) is 17.3 Å². The molecule has 3 heterocycles. The minimum Gasteiger partial charge on any atom is -0.497 e. The fraction of sp³-hybridized carbons (Fsp3) is 0.387. The zero-order valence-electron chi connectivity index (χ0n) is 23.5. The molecule has 0 atom stereocenters. The maximum absolute atomic E-state index is 6.06. The van der Waals surface area contributed by atoms with E-state index < -0.39 is 0 Å². The maximum atomic E-state index is 6.06. The number of methoxy groups -OCH3 is 4. The van der Waals surface area contributed by atoms with Gasteiger partial charge in [-0.3, -0.25) is 4.90 Å². The van der Waals surface area contributed by atoms with Crippen LogP contribution in [-0.2, 0) is 30.7 Å². The first-order valence-electron chi connectivity index (χ1n) is 13.6. The van der Waals surface area contributed by atoms with Crippen LogP contribution in [0.25, 0.3) is 22.6 Å². The first kappa shape index (κ1) is 26.3. The molecule has 0 N–H and O–H groups in total. The molecule has 1 aliphatic carbocycles. The lowest BCUT2D eigenvalue weighted by Gasteiger charge is -2.26. The topological polar surface area (TPSA) is 80.4 Å². The van der Waals surface area contributed by atoms with E-state index in [2.05, 4.69) is 33.0 Å². The molecule has 2 aliphatic rings. The average molecular weight is 546 g/mol. The van der Waals surface area contributed by atoms with Crippen molar-refractivity contribution in [3.8, 4) is 45.6 Å². The van der Waals surface area contributed by atoms with Crippen molar-refractivity contribution >= 4 is 0 Å². The number of aromatic nitrogens is 2. The molecule has 1 saturated heterocycles. The van der Waals surface area contributed by atoms with E-state index in [1.807, 2.05) is 24.3 Å². The van der Waals surface area contributed by atoms with Crippen LogP contribution in [0.1, 0.15) is 22.4 Å². The van der Waals surface area contributed by atoms with Crippen molar-refractivity contribution in [2.45, 2.75) is 25.9 Å². The number of hydrogen-bond donors (Lipinski definition) is 0. The van der Waals surface area contributed by atoms with Crippen LogP contribution in [0.4, 0.5) is 0 Å². The number of rotatable bonds is 9. The van der Waals surface area contributed by atoms with Crippen molar-refractivity contribution in [2.75, 3.05) is 54.7 Å². The summed E-state index contributed by atoms with van der Waals surface area (Å²) >= 11 is 0. The Morgan fingerprint density at radius 1 is 0.825 bits per heavy atom. The molecule has 0 bridgehead atoms. The van der Waals surface area contributed by atoms with Gasteiger partial charge in [-0.25, -0.2) is 0 Å². The minimum atomic E-state index is 0.571. The van der Waals surface area contributed by atoms with Gasteiger partial charge in [0.2, 0.25) is 5.75 Å². The van der Waals surface area contributed by atoms with E-state index >= 15 is 0 Å². The van der Waals surface area contributed by atoms with Crippen LogP contribution in [0, 0.1) is 0 Å². The van der Waals surface area contributed by atoms with Crippen molar-refractivity contribution in [1.82, 2.24) is 14.6 Å². The van der Waals surface area contributed by atoms with Gasteiger partial charge in [-0.05, 0) is 48.2 Å². The highest BCUT2D eigenvalue weighted by molar-refractivity contribution is 5.81. The molecular formula is C31H35N3O6. The van der Waals surface area contributed by atoms with Gasteiger partial charge >= 0.3 is 0 Å². The average Bonchev–Trinajstić information content (AvgIpc) is 3.58. The highest BCUT2D eigenvalue weighted by Gasteiger charge is 2.31. The zero-order chi connectivity index (χ0) is 27.6. The molecule has 40 heavy (non-hydrogen) atoms. The molecule has 9 nitrogen and oxygen atoms in total. The van der Waals surface area contributed by atoms with Gasteiger partial charge in [0.25, 0.3) is 0 Å². The standard InChI is InChI=1S/C31H35N3O6/c1-35-22-7-5-20(6-8-22)17-34-18-25-23(29(34)21-15-27(36-2)31(38-4)28(16-21)37-3)9-10-24-26(32-40-30(24)25)19-33-11-13-39-14-12-33/h5-8,15-16,18H,9-14,17,19H2,1-4H3. The Hall–Kier alpha value is -3.95. The third kappa shape index (κ3) is 4.80. The Morgan fingerprint density at radius 2 is 1.52 bits per heavy atom. The Morgan fingerprint density at radius 3 is 2.17 bits per heavy atom. The Kier molecular flexibility index (Phi) is 7.40. The van der Waals surface area contributed by atoms with Crippen LogP contribution in [-0.4, -0.2) is 69.4 Å². The molecule has 0 radical (unpaired) electrons. The molecule has 9 heteroatoms. The normalized spacial score (nSPS) is 14.9. The van der Waals surface area contributed by atoms with Gasteiger partial charge in [0.05, 0.1) is 47.3 Å². The lowest BCUT2D eigenvalue weighted by molar-refractivity contribution is 0.0331. The molecule has 6 rings (SSSR count). The fourth-order valence-electron chi connectivity index (χ4n) is 5.82. The van der Waals surface area contributed by atoms with Gasteiger partial charge in [0, 0.05) is 49.1 Å². The van der Waals surface area contributed by atoms with Gasteiger partial charge in [-0.2, -0.15) is 0 Å². The van der Waals surface area contributed by atoms with Crippen molar-refractivity contribution in [2.24, 2.45) is 0 Å². The molecular weight excluding hydrogens is 510 g/mol. The number of benzene rings is 2. The van der Waals surface area contributed by atoms with Gasteiger partial charge in [0.1, 0.15) is 11.4 Å². The minimum absolute atomic E-state index is 0.571. The summed E-state index contributed by atoms with van der Waals surface area (Å²) in [5, 5.41) is 4.55. The first-order valence-corrected chi connectivity index (χ1v) is 13.6. The number of morpholine rings is 1. The predicted octanol–water partition coefficient (Wildman–Crippen LogP) is 4.82. The van der Waals surface area contributed by atoms with Crippen molar-refractivity contribution < 1.29 is 28.2 Å². The van der Waals surface area contributed by atoms with E-state index in [1.165, 1.54) is 11.1 Å². The molecule has 2 aromatic carbocycles. The summed E-state index contributed by atoms with van der Waals surface area (Å²) in [5.41, 5.74) is 7.79. The molecule has 0 spiro atoms. The van der Waals surface area contributed by atoms with Crippen molar-refractivity contribution in [3.05, 3.63) is 65.0 Å². The largest absolute Gasteiger partial charge is 0.497 e. The van der Waals surface area contributed by atoms with Crippen molar-refractivity contribution in [1.29, 1.82) is 0 Å². The zero-order valence-corrected chi connectivity index (χ0v) is 23.5. The van der Waals surface area contributed by atoms with E-state index in [-0.39, 0.29) is 0 Å². The second-order valence-electron chi connectivity index (χ2n) is 10.1. The Balaban J connectivity index is 1.45.